The molecule has 0 bridgehead atoms. The van der Waals surface area contributed by atoms with E-state index < -0.39 is 10.2 Å². The van der Waals surface area contributed by atoms with E-state index in [1.165, 1.54) is 4.31 Å². The van der Waals surface area contributed by atoms with Crippen molar-refractivity contribution in [2.45, 2.75) is 0 Å². The molecular weight excluding hydrogens is 192 g/mol. The van der Waals surface area contributed by atoms with E-state index in [2.05, 4.69) is 5.32 Å². The summed E-state index contributed by atoms with van der Waals surface area (Å²) >= 11 is 0. The number of rotatable bonds is 5. The Morgan fingerprint density at radius 2 is 2.08 bits per heavy atom. The van der Waals surface area contributed by atoms with Crippen molar-refractivity contribution in [3.05, 3.63) is 0 Å². The summed E-state index contributed by atoms with van der Waals surface area (Å²) in [5.41, 5.74) is 5.28. The van der Waals surface area contributed by atoms with Crippen LogP contribution in [0, 0.1) is 5.92 Å². The van der Waals surface area contributed by atoms with Gasteiger partial charge in [0.2, 0.25) is 0 Å². The van der Waals surface area contributed by atoms with Crippen LogP contribution < -0.4 is 16.2 Å². The summed E-state index contributed by atoms with van der Waals surface area (Å²) in [4.78, 5) is 0. The predicted octanol–water partition coefficient (Wildman–Crippen LogP) is -2.33. The van der Waals surface area contributed by atoms with Gasteiger partial charge in [-0.3, -0.25) is 0 Å². The molecule has 0 saturated carbocycles. The van der Waals surface area contributed by atoms with Gasteiger partial charge in [0.05, 0.1) is 0 Å². The first kappa shape index (κ1) is 10.9. The Morgan fingerprint density at radius 1 is 1.46 bits per heavy atom. The van der Waals surface area contributed by atoms with Crippen molar-refractivity contribution in [1.82, 2.24) is 9.62 Å². The van der Waals surface area contributed by atoms with Crippen LogP contribution in [0.2, 0.25) is 0 Å². The smallest absolute Gasteiger partial charge is 0.276 e. The fraction of sp³-hybridized carbons (Fsp3) is 1.00. The van der Waals surface area contributed by atoms with Crippen LogP contribution in [-0.2, 0) is 10.2 Å². The first-order valence-electron chi connectivity index (χ1n) is 4.22. The van der Waals surface area contributed by atoms with E-state index in [4.69, 9.17) is 10.9 Å². The zero-order valence-corrected chi connectivity index (χ0v) is 8.26. The number of nitrogens with one attached hydrogen (secondary N) is 1. The number of hydrogen-bond donors (Lipinski definition) is 3. The third kappa shape index (κ3) is 3.20. The molecule has 1 fully saturated rings. The van der Waals surface area contributed by atoms with Gasteiger partial charge in [0.1, 0.15) is 0 Å². The highest BCUT2D eigenvalue weighted by Gasteiger charge is 2.32. The summed E-state index contributed by atoms with van der Waals surface area (Å²) in [5, 5.41) is 8.04. The topological polar surface area (TPSA) is 101 Å². The first-order chi connectivity index (χ1) is 6.04. The van der Waals surface area contributed by atoms with E-state index in [9.17, 15) is 8.42 Å². The van der Waals surface area contributed by atoms with Crippen molar-refractivity contribution in [3.63, 3.8) is 0 Å². The fourth-order valence-electron chi connectivity index (χ4n) is 1.27. The van der Waals surface area contributed by atoms with Gasteiger partial charge in [-0.15, -0.1) is 0 Å². The minimum atomic E-state index is -3.45. The molecule has 7 heteroatoms. The van der Waals surface area contributed by atoms with Crippen LogP contribution >= 0.6 is 0 Å². The molecule has 1 saturated heterocycles. The number of nitrogens with two attached hydrogens (primary N) is 2. The van der Waals surface area contributed by atoms with E-state index in [1.807, 2.05) is 0 Å². The van der Waals surface area contributed by atoms with Crippen LogP contribution in [0.15, 0.2) is 0 Å². The van der Waals surface area contributed by atoms with Crippen LogP contribution in [0.3, 0.4) is 0 Å². The van der Waals surface area contributed by atoms with Gasteiger partial charge in [-0.1, -0.05) is 0 Å². The molecule has 0 aromatic carbocycles. The summed E-state index contributed by atoms with van der Waals surface area (Å²) in [6.07, 6.45) is 0. The van der Waals surface area contributed by atoms with Gasteiger partial charge in [0.25, 0.3) is 10.2 Å². The maximum Gasteiger partial charge on any atom is 0.276 e. The summed E-state index contributed by atoms with van der Waals surface area (Å²) < 4.78 is 22.8. The van der Waals surface area contributed by atoms with E-state index in [-0.39, 0.29) is 0 Å². The Kier molecular flexibility index (Phi) is 3.63. The summed E-state index contributed by atoms with van der Waals surface area (Å²) in [7, 11) is -3.45. The lowest BCUT2D eigenvalue weighted by Gasteiger charge is -2.36. The highest BCUT2D eigenvalue weighted by atomic mass is 32.2. The van der Waals surface area contributed by atoms with Crippen LogP contribution in [0.5, 0.6) is 0 Å². The molecule has 1 rings (SSSR count). The third-order valence-corrected chi connectivity index (χ3v) is 3.06. The van der Waals surface area contributed by atoms with E-state index in [0.717, 1.165) is 13.1 Å². The molecular formula is C6H16N4O2S. The van der Waals surface area contributed by atoms with Crippen LogP contribution in [0.25, 0.3) is 0 Å². The molecule has 5 N–H and O–H groups in total. The SMILES string of the molecule is NCCNCC1CN(S(N)(=O)=O)C1. The summed E-state index contributed by atoms with van der Waals surface area (Å²) in [6.45, 7) is 3.23. The van der Waals surface area contributed by atoms with Crippen LogP contribution in [-0.4, -0.2) is 45.4 Å². The maximum absolute atomic E-state index is 10.8. The Bertz CT molecular complexity index is 247. The Labute approximate surface area is 78.4 Å². The van der Waals surface area contributed by atoms with Gasteiger partial charge in [-0.05, 0) is 5.92 Å². The standard InChI is InChI=1S/C6H16N4O2S/c7-1-2-9-3-6-4-10(5-6)13(8,11)12/h6,9H,1-5,7H2,(H2,8,11,12). The van der Waals surface area contributed by atoms with Gasteiger partial charge in [-0.2, -0.15) is 12.7 Å². The molecule has 0 atom stereocenters. The van der Waals surface area contributed by atoms with Crippen molar-refractivity contribution in [1.29, 1.82) is 0 Å². The second-order valence-corrected chi connectivity index (χ2v) is 4.77. The second-order valence-electron chi connectivity index (χ2n) is 3.22. The Balaban J connectivity index is 2.12. The van der Waals surface area contributed by atoms with E-state index >= 15 is 0 Å². The van der Waals surface area contributed by atoms with Crippen molar-refractivity contribution in [3.8, 4) is 0 Å². The quantitative estimate of drug-likeness (QED) is 0.441. The molecule has 0 aliphatic carbocycles. The minimum Gasteiger partial charge on any atom is -0.329 e. The molecule has 1 aliphatic rings. The van der Waals surface area contributed by atoms with Crippen molar-refractivity contribution in [2.75, 3.05) is 32.7 Å². The van der Waals surface area contributed by atoms with E-state index in [1.54, 1.807) is 0 Å². The minimum absolute atomic E-state index is 0.380. The average Bonchev–Trinajstić information content (AvgIpc) is 1.91. The first-order valence-corrected chi connectivity index (χ1v) is 5.73. The monoisotopic (exact) mass is 208 g/mol. The van der Waals surface area contributed by atoms with Crippen molar-refractivity contribution in [2.24, 2.45) is 16.8 Å². The van der Waals surface area contributed by atoms with Gasteiger partial charge in [0, 0.05) is 32.7 Å². The summed E-state index contributed by atoms with van der Waals surface area (Å²) in [5.74, 6) is 0.380. The maximum atomic E-state index is 10.8. The van der Waals surface area contributed by atoms with Crippen LogP contribution in [0.4, 0.5) is 0 Å². The molecule has 78 valence electrons. The predicted molar refractivity (Wildman–Crippen MR) is 50.1 cm³/mol. The lowest BCUT2D eigenvalue weighted by Crippen LogP contribution is -2.55. The van der Waals surface area contributed by atoms with Gasteiger partial charge in [0.15, 0.2) is 0 Å². The normalized spacial score (nSPS) is 20.2. The molecule has 0 amide bonds. The van der Waals surface area contributed by atoms with Crippen molar-refractivity contribution >= 4 is 10.2 Å². The highest BCUT2D eigenvalue weighted by molar-refractivity contribution is 7.86. The molecule has 1 heterocycles. The lowest BCUT2D eigenvalue weighted by atomic mass is 10.0. The molecule has 0 unspecified atom stereocenters. The summed E-state index contributed by atoms with van der Waals surface area (Å²) in [6, 6.07) is 0. The zero-order chi connectivity index (χ0) is 9.90. The highest BCUT2D eigenvalue weighted by Crippen LogP contribution is 2.16. The lowest BCUT2D eigenvalue weighted by molar-refractivity contribution is 0.197. The molecule has 0 spiro atoms. The number of hydrogen-bond acceptors (Lipinski definition) is 4. The fourth-order valence-corrected chi connectivity index (χ4v) is 2.10. The molecule has 0 aromatic rings. The third-order valence-electron chi connectivity index (χ3n) is 2.04. The average molecular weight is 208 g/mol. The Morgan fingerprint density at radius 3 is 2.54 bits per heavy atom. The number of nitrogens with zero attached hydrogens (tertiary/aromatic N) is 1. The van der Waals surface area contributed by atoms with Gasteiger partial charge < -0.3 is 11.1 Å². The molecule has 6 nitrogen and oxygen atoms in total. The molecule has 0 radical (unpaired) electrons. The second kappa shape index (κ2) is 4.34. The van der Waals surface area contributed by atoms with Crippen molar-refractivity contribution < 1.29 is 8.42 Å². The van der Waals surface area contributed by atoms with Gasteiger partial charge >= 0.3 is 0 Å². The van der Waals surface area contributed by atoms with Crippen LogP contribution in [0.1, 0.15) is 0 Å². The van der Waals surface area contributed by atoms with E-state index in [0.29, 0.717) is 25.6 Å². The Hall–Kier alpha value is -0.210. The molecule has 0 aromatic heterocycles. The zero-order valence-electron chi connectivity index (χ0n) is 7.44. The molecule has 13 heavy (non-hydrogen) atoms. The largest absolute Gasteiger partial charge is 0.329 e. The van der Waals surface area contributed by atoms with Gasteiger partial charge in [-0.25, -0.2) is 5.14 Å². The molecule has 1 aliphatic heterocycles.